The lowest BCUT2D eigenvalue weighted by molar-refractivity contribution is -0.722. The Morgan fingerprint density at radius 2 is 1.24 bits per heavy atom. The molecule has 0 saturated carbocycles. The molecule has 0 aliphatic carbocycles. The van der Waals surface area contributed by atoms with Crippen LogP contribution in [0.5, 0.6) is 0 Å². The quantitative estimate of drug-likeness (QED) is 0.200. The number of hydrogen-bond donors (Lipinski definition) is 0. The summed E-state index contributed by atoms with van der Waals surface area (Å²) in [7, 11) is 0. The molecule has 0 bridgehead atoms. The zero-order chi connectivity index (χ0) is 20.7. The van der Waals surface area contributed by atoms with Crippen molar-refractivity contribution in [2.75, 3.05) is 0 Å². The summed E-state index contributed by atoms with van der Waals surface area (Å²) in [6, 6.07) is 11.3. The van der Waals surface area contributed by atoms with Gasteiger partial charge in [0.1, 0.15) is 18.1 Å². The lowest BCUT2D eigenvalue weighted by Gasteiger charge is -2.08. The maximum absolute atomic E-state index is 2.44. The predicted octanol–water partition coefficient (Wildman–Crippen LogP) is 7.98. The molecule has 0 atom stereocenters. The van der Waals surface area contributed by atoms with Gasteiger partial charge in [-0.25, -0.2) is 4.57 Å². The van der Waals surface area contributed by atoms with Gasteiger partial charge >= 0.3 is 0 Å². The highest BCUT2D eigenvalue weighted by atomic mass is 15.2. The molecule has 2 rings (SSSR count). The van der Waals surface area contributed by atoms with Crippen molar-refractivity contribution in [2.24, 2.45) is 0 Å². The van der Waals surface area contributed by atoms with Gasteiger partial charge < -0.3 is 0 Å². The van der Waals surface area contributed by atoms with Crippen LogP contribution >= 0.6 is 0 Å². The smallest absolute Gasteiger partial charge is 0.232 e. The van der Waals surface area contributed by atoms with Gasteiger partial charge in [-0.05, 0) is 32.4 Å². The lowest BCUT2D eigenvalue weighted by Crippen LogP contribution is -2.39. The topological polar surface area (TPSA) is 8.81 Å². The molecule has 0 amide bonds. The van der Waals surface area contributed by atoms with Crippen LogP contribution in [0.4, 0.5) is 0 Å². The van der Waals surface area contributed by atoms with Crippen LogP contribution in [0.3, 0.4) is 0 Å². The fourth-order valence-electron chi connectivity index (χ4n) is 4.28. The zero-order valence-corrected chi connectivity index (χ0v) is 19.4. The largest absolute Gasteiger partial charge is 0.261 e. The summed E-state index contributed by atoms with van der Waals surface area (Å²) in [6.07, 6.45) is 24.0. The molecule has 2 heteroatoms. The summed E-state index contributed by atoms with van der Waals surface area (Å²) < 4.78 is 4.81. The number of benzene rings is 1. The van der Waals surface area contributed by atoms with Gasteiger partial charge in [-0.15, -0.1) is 0 Å². The Kier molecular flexibility index (Phi) is 11.8. The first-order valence-electron chi connectivity index (χ1n) is 12.4. The van der Waals surface area contributed by atoms with Crippen molar-refractivity contribution in [3.8, 4) is 5.69 Å². The van der Waals surface area contributed by atoms with Crippen LogP contribution in [-0.4, -0.2) is 4.57 Å². The van der Waals surface area contributed by atoms with Gasteiger partial charge in [-0.1, -0.05) is 102 Å². The van der Waals surface area contributed by atoms with E-state index in [2.05, 4.69) is 72.6 Å². The SMILES string of the molecule is CCCCCCCCCCCCCCCc1n(-c2ccccc2)cc[n+]1C(C)C. The van der Waals surface area contributed by atoms with Crippen LogP contribution in [0.15, 0.2) is 42.7 Å². The molecular formula is C27H45N2+. The summed E-state index contributed by atoms with van der Waals surface area (Å²) in [5.74, 6) is 1.44. The van der Waals surface area contributed by atoms with Crippen LogP contribution in [-0.2, 0) is 6.42 Å². The fraction of sp³-hybridized carbons (Fsp3) is 0.667. The number of para-hydroxylation sites is 1. The molecule has 0 fully saturated rings. The van der Waals surface area contributed by atoms with Gasteiger partial charge in [-0.2, -0.15) is 4.57 Å². The van der Waals surface area contributed by atoms with Gasteiger partial charge in [0.2, 0.25) is 0 Å². The molecule has 0 radical (unpaired) electrons. The van der Waals surface area contributed by atoms with Gasteiger partial charge in [-0.3, -0.25) is 0 Å². The van der Waals surface area contributed by atoms with Gasteiger partial charge in [0.05, 0.1) is 6.04 Å². The average molecular weight is 398 g/mol. The molecule has 162 valence electrons. The third-order valence-electron chi connectivity index (χ3n) is 6.05. The van der Waals surface area contributed by atoms with E-state index in [1.165, 1.54) is 95.0 Å². The summed E-state index contributed by atoms with van der Waals surface area (Å²) in [6.45, 7) is 6.86. The maximum atomic E-state index is 2.44. The minimum absolute atomic E-state index is 0.511. The van der Waals surface area contributed by atoms with Crippen molar-refractivity contribution >= 4 is 0 Å². The van der Waals surface area contributed by atoms with Crippen molar-refractivity contribution in [1.29, 1.82) is 0 Å². The second-order valence-corrected chi connectivity index (χ2v) is 8.91. The van der Waals surface area contributed by atoms with Crippen molar-refractivity contribution in [1.82, 2.24) is 4.57 Å². The Balaban J connectivity index is 1.62. The zero-order valence-electron chi connectivity index (χ0n) is 19.4. The highest BCUT2D eigenvalue weighted by molar-refractivity contribution is 5.31. The summed E-state index contributed by atoms with van der Waals surface area (Å²) >= 11 is 0. The second-order valence-electron chi connectivity index (χ2n) is 8.91. The number of imidazole rings is 1. The van der Waals surface area contributed by atoms with E-state index in [4.69, 9.17) is 0 Å². The van der Waals surface area contributed by atoms with E-state index >= 15 is 0 Å². The molecule has 0 saturated heterocycles. The van der Waals surface area contributed by atoms with Crippen molar-refractivity contribution in [3.05, 3.63) is 48.5 Å². The summed E-state index contributed by atoms with van der Waals surface area (Å²) in [5.41, 5.74) is 1.27. The third-order valence-corrected chi connectivity index (χ3v) is 6.05. The van der Waals surface area contributed by atoms with Gasteiger partial charge in [0.25, 0.3) is 5.82 Å². The number of nitrogens with zero attached hydrogens (tertiary/aromatic N) is 2. The molecule has 0 aliphatic rings. The molecule has 29 heavy (non-hydrogen) atoms. The molecule has 2 nitrogen and oxygen atoms in total. The minimum Gasteiger partial charge on any atom is -0.232 e. The van der Waals surface area contributed by atoms with Crippen LogP contribution < -0.4 is 4.57 Å². The fourth-order valence-corrected chi connectivity index (χ4v) is 4.28. The molecule has 0 N–H and O–H groups in total. The van der Waals surface area contributed by atoms with E-state index in [1.807, 2.05) is 0 Å². The Morgan fingerprint density at radius 1 is 0.724 bits per heavy atom. The van der Waals surface area contributed by atoms with E-state index < -0.39 is 0 Å². The highest BCUT2D eigenvalue weighted by Crippen LogP contribution is 2.16. The second kappa shape index (κ2) is 14.4. The van der Waals surface area contributed by atoms with E-state index in [0.29, 0.717) is 6.04 Å². The monoisotopic (exact) mass is 397 g/mol. The molecular weight excluding hydrogens is 352 g/mol. The van der Waals surface area contributed by atoms with E-state index in [1.54, 1.807) is 0 Å². The Morgan fingerprint density at radius 3 is 1.76 bits per heavy atom. The Labute approximate surface area is 180 Å². The van der Waals surface area contributed by atoms with E-state index in [-0.39, 0.29) is 0 Å². The van der Waals surface area contributed by atoms with Gasteiger partial charge in [0, 0.05) is 6.42 Å². The van der Waals surface area contributed by atoms with E-state index in [9.17, 15) is 0 Å². The third kappa shape index (κ3) is 8.76. The van der Waals surface area contributed by atoms with Crippen molar-refractivity contribution in [3.63, 3.8) is 0 Å². The molecule has 0 spiro atoms. The van der Waals surface area contributed by atoms with Crippen molar-refractivity contribution < 1.29 is 4.57 Å². The molecule has 2 aromatic rings. The van der Waals surface area contributed by atoms with Crippen LogP contribution in [0.1, 0.15) is 116 Å². The number of rotatable bonds is 16. The molecule has 1 aromatic carbocycles. The highest BCUT2D eigenvalue weighted by Gasteiger charge is 2.20. The van der Waals surface area contributed by atoms with Crippen molar-refractivity contribution in [2.45, 2.75) is 117 Å². The molecule has 0 aliphatic heterocycles. The lowest BCUT2D eigenvalue weighted by atomic mass is 10.0. The van der Waals surface area contributed by atoms with E-state index in [0.717, 1.165) is 6.42 Å². The Bertz CT molecular complexity index is 642. The average Bonchev–Trinajstić information content (AvgIpc) is 3.16. The first-order valence-corrected chi connectivity index (χ1v) is 12.4. The van der Waals surface area contributed by atoms with Crippen LogP contribution in [0.25, 0.3) is 5.69 Å². The van der Waals surface area contributed by atoms with Crippen LogP contribution in [0.2, 0.25) is 0 Å². The summed E-state index contributed by atoms with van der Waals surface area (Å²) in [5, 5.41) is 0. The van der Waals surface area contributed by atoms with Crippen LogP contribution in [0, 0.1) is 0 Å². The minimum atomic E-state index is 0.511. The standard InChI is InChI=1S/C27H45N2/c1-4-5-6-7-8-9-10-11-12-13-14-15-19-22-27-28(25(2)3)23-24-29(27)26-20-17-16-18-21-26/h16-18,20-21,23-25H,4-15,19,22H2,1-3H3/q+1. The molecule has 1 heterocycles. The summed E-state index contributed by atoms with van der Waals surface area (Å²) in [4.78, 5) is 0. The predicted molar refractivity (Wildman–Crippen MR) is 126 cm³/mol. The first-order chi connectivity index (χ1) is 14.2. The maximum Gasteiger partial charge on any atom is 0.261 e. The normalized spacial score (nSPS) is 11.4. The molecule has 1 aromatic heterocycles. The number of aromatic nitrogens is 2. The molecule has 0 unspecified atom stereocenters. The first kappa shape index (κ1) is 23.7. The van der Waals surface area contributed by atoms with Gasteiger partial charge in [0.15, 0.2) is 0 Å². The Hall–Kier alpha value is -1.57. The number of unbranched alkanes of at least 4 members (excludes halogenated alkanes) is 12. The number of hydrogen-bond acceptors (Lipinski definition) is 0.